The lowest BCUT2D eigenvalue weighted by Crippen LogP contribution is -2.43. The van der Waals surface area contributed by atoms with Crippen LogP contribution >= 0.6 is 0 Å². The molecule has 298 valence electrons. The van der Waals surface area contributed by atoms with Crippen LogP contribution in [0.5, 0.6) is 11.5 Å². The van der Waals surface area contributed by atoms with Crippen molar-refractivity contribution in [3.05, 3.63) is 66.2 Å². The lowest BCUT2D eigenvalue weighted by atomic mass is 10.1. The van der Waals surface area contributed by atoms with Gasteiger partial charge in [0.15, 0.2) is 11.3 Å². The summed E-state index contributed by atoms with van der Waals surface area (Å²) in [4.78, 5) is 44.3. The predicted molar refractivity (Wildman–Crippen MR) is 201 cm³/mol. The number of amides is 3. The quantitative estimate of drug-likeness (QED) is 0.0931. The molecule has 0 bridgehead atoms. The molecule has 12 nitrogen and oxygen atoms in total. The van der Waals surface area contributed by atoms with E-state index in [1.807, 2.05) is 12.2 Å². The first kappa shape index (κ1) is 39.1. The minimum atomic E-state index is -4.50. The Morgan fingerprint density at radius 1 is 1.04 bits per heavy atom. The number of fused-ring (bicyclic) bond motifs is 3. The Labute approximate surface area is 321 Å². The maximum atomic E-state index is 13.4. The number of hydrogen-bond donors (Lipinski definition) is 2. The highest BCUT2D eigenvalue weighted by Crippen LogP contribution is 2.42. The summed E-state index contributed by atoms with van der Waals surface area (Å²) in [5.74, 6) is -0.735. The van der Waals surface area contributed by atoms with Crippen LogP contribution in [0.1, 0.15) is 69.8 Å². The fourth-order valence-corrected chi connectivity index (χ4v) is 8.55. The number of rotatable bonds is 16. The third-order valence-corrected chi connectivity index (χ3v) is 12.4. The molecule has 1 saturated heterocycles. The molecule has 56 heavy (non-hydrogen) atoms. The highest BCUT2D eigenvalue weighted by Gasteiger charge is 2.45. The summed E-state index contributed by atoms with van der Waals surface area (Å²) < 4.78 is 84.1. The van der Waals surface area contributed by atoms with E-state index in [0.717, 1.165) is 37.8 Å². The third-order valence-electron chi connectivity index (χ3n) is 10.6. The Kier molecular flexibility index (Phi) is 11.0. The zero-order chi connectivity index (χ0) is 39.8. The number of hydrogen-bond acceptors (Lipinski definition) is 9. The van der Waals surface area contributed by atoms with Crippen molar-refractivity contribution in [1.29, 1.82) is 0 Å². The fourth-order valence-electron chi connectivity index (χ4n) is 7.20. The second-order valence-corrected chi connectivity index (χ2v) is 16.7. The number of pyridine rings is 1. The SMILES string of the molecule is COc1ccc2oc3c(O[C@@H]4C[C@@H](C(N)=O)N(C(=O)CCCCCC/C=C\[C@@H]5C[C@@H]5C(=O)NS(=O)(=O)C5CC5)C4)cc(-c4ccc(C(F)(F)F)cc4)nc3c2c1. The van der Waals surface area contributed by atoms with Gasteiger partial charge in [-0.05, 0) is 74.8 Å². The van der Waals surface area contributed by atoms with Crippen LogP contribution in [0.2, 0.25) is 0 Å². The number of alkyl halides is 3. The highest BCUT2D eigenvalue weighted by molar-refractivity contribution is 7.90. The Bertz CT molecular complexity index is 2270. The van der Waals surface area contributed by atoms with E-state index in [4.69, 9.17) is 24.6 Å². The number of furan rings is 1. The number of nitrogens with one attached hydrogen (secondary N) is 1. The van der Waals surface area contributed by atoms with Gasteiger partial charge in [0.25, 0.3) is 0 Å². The van der Waals surface area contributed by atoms with Crippen LogP contribution in [0.15, 0.2) is 65.1 Å². The van der Waals surface area contributed by atoms with E-state index >= 15 is 0 Å². The first-order valence-corrected chi connectivity index (χ1v) is 20.3. The van der Waals surface area contributed by atoms with Crippen molar-refractivity contribution in [2.75, 3.05) is 13.7 Å². The number of allylic oxidation sites excluding steroid dienone is 2. The molecule has 0 spiro atoms. The number of sulfonamides is 1. The summed E-state index contributed by atoms with van der Waals surface area (Å²) in [6.45, 7) is 0.0947. The number of halogens is 3. The normalized spacial score (nSPS) is 21.2. The van der Waals surface area contributed by atoms with Gasteiger partial charge in [0.2, 0.25) is 27.7 Å². The predicted octanol–water partition coefficient (Wildman–Crippen LogP) is 6.65. The van der Waals surface area contributed by atoms with E-state index in [1.165, 1.54) is 24.1 Å². The van der Waals surface area contributed by atoms with Crippen molar-refractivity contribution in [2.45, 2.75) is 87.8 Å². The molecule has 3 amide bonds. The maximum absolute atomic E-state index is 13.4. The minimum Gasteiger partial charge on any atom is -0.497 e. The van der Waals surface area contributed by atoms with Gasteiger partial charge in [0.1, 0.15) is 29.0 Å². The van der Waals surface area contributed by atoms with Gasteiger partial charge in [-0.15, -0.1) is 0 Å². The molecule has 1 aliphatic heterocycles. The molecule has 2 aromatic heterocycles. The smallest absolute Gasteiger partial charge is 0.416 e. The van der Waals surface area contributed by atoms with Crippen LogP contribution in [-0.2, 0) is 30.6 Å². The van der Waals surface area contributed by atoms with Crippen molar-refractivity contribution >= 4 is 49.8 Å². The number of ether oxygens (including phenoxy) is 2. The summed E-state index contributed by atoms with van der Waals surface area (Å²) in [6, 6.07) is 10.5. The van der Waals surface area contributed by atoms with E-state index in [9.17, 15) is 36.0 Å². The van der Waals surface area contributed by atoms with Crippen molar-refractivity contribution < 1.29 is 49.9 Å². The van der Waals surface area contributed by atoms with E-state index in [2.05, 4.69) is 4.72 Å². The number of methoxy groups -OCH3 is 1. The lowest BCUT2D eigenvalue weighted by molar-refractivity contribution is -0.137. The van der Waals surface area contributed by atoms with Gasteiger partial charge in [-0.1, -0.05) is 37.1 Å². The van der Waals surface area contributed by atoms with E-state index < -0.39 is 51.0 Å². The lowest BCUT2D eigenvalue weighted by Gasteiger charge is -2.22. The molecule has 2 saturated carbocycles. The third kappa shape index (κ3) is 8.79. The first-order chi connectivity index (χ1) is 26.7. The number of aromatic nitrogens is 1. The number of likely N-dealkylation sites (tertiary alicyclic amines) is 1. The zero-order valence-corrected chi connectivity index (χ0v) is 31.5. The molecular formula is C40H43F3N4O8S. The summed E-state index contributed by atoms with van der Waals surface area (Å²) in [5.41, 5.74) is 6.87. The van der Waals surface area contributed by atoms with Crippen molar-refractivity contribution in [1.82, 2.24) is 14.6 Å². The molecule has 4 aromatic rings. The van der Waals surface area contributed by atoms with E-state index in [0.29, 0.717) is 64.8 Å². The molecule has 7 rings (SSSR count). The molecule has 3 N–H and O–H groups in total. The van der Waals surface area contributed by atoms with Gasteiger partial charge in [0.05, 0.1) is 35.5 Å². The number of carbonyl (C=O) groups excluding carboxylic acids is 3. The Hall–Kier alpha value is -5.12. The Morgan fingerprint density at radius 3 is 2.48 bits per heavy atom. The molecule has 3 aliphatic rings. The molecular weight excluding hydrogens is 754 g/mol. The van der Waals surface area contributed by atoms with Crippen LogP contribution < -0.4 is 19.9 Å². The summed E-state index contributed by atoms with van der Waals surface area (Å²) in [7, 11) is -2.01. The first-order valence-electron chi connectivity index (χ1n) is 18.8. The van der Waals surface area contributed by atoms with Crippen LogP contribution in [-0.4, -0.2) is 67.1 Å². The van der Waals surface area contributed by atoms with Crippen molar-refractivity contribution in [2.24, 2.45) is 17.6 Å². The summed E-state index contributed by atoms with van der Waals surface area (Å²) in [6.07, 6.45) is 5.03. The van der Waals surface area contributed by atoms with Gasteiger partial charge in [-0.2, -0.15) is 13.2 Å². The van der Waals surface area contributed by atoms with Gasteiger partial charge < -0.3 is 24.5 Å². The summed E-state index contributed by atoms with van der Waals surface area (Å²) in [5, 5.41) is 0.175. The number of unbranched alkanes of at least 4 members (excludes halogenated alkanes) is 4. The molecule has 0 unspecified atom stereocenters. The second-order valence-electron chi connectivity index (χ2n) is 14.8. The molecule has 4 atom stereocenters. The van der Waals surface area contributed by atoms with E-state index in [1.54, 1.807) is 24.3 Å². The molecule has 3 heterocycles. The Morgan fingerprint density at radius 2 is 1.79 bits per heavy atom. The Balaban J connectivity index is 0.949. The van der Waals surface area contributed by atoms with Crippen LogP contribution in [0.3, 0.4) is 0 Å². The number of nitrogens with two attached hydrogens (primary N) is 1. The van der Waals surface area contributed by atoms with Gasteiger partial charge in [0, 0.05) is 30.4 Å². The maximum Gasteiger partial charge on any atom is 0.416 e. The summed E-state index contributed by atoms with van der Waals surface area (Å²) >= 11 is 0. The molecule has 0 radical (unpaired) electrons. The average molecular weight is 797 g/mol. The number of nitrogens with zero attached hydrogens (tertiary/aromatic N) is 2. The minimum absolute atomic E-state index is 0.0574. The molecule has 16 heteroatoms. The van der Waals surface area contributed by atoms with Crippen LogP contribution in [0, 0.1) is 11.8 Å². The largest absolute Gasteiger partial charge is 0.497 e. The van der Waals surface area contributed by atoms with Crippen LogP contribution in [0.4, 0.5) is 13.2 Å². The monoisotopic (exact) mass is 796 g/mol. The molecule has 2 aromatic carbocycles. The number of benzene rings is 2. The van der Waals surface area contributed by atoms with Crippen LogP contribution in [0.25, 0.3) is 33.3 Å². The van der Waals surface area contributed by atoms with Crippen molar-refractivity contribution in [3.63, 3.8) is 0 Å². The van der Waals surface area contributed by atoms with Gasteiger partial charge in [-0.25, -0.2) is 13.4 Å². The van der Waals surface area contributed by atoms with E-state index in [-0.39, 0.29) is 42.9 Å². The average Bonchev–Trinajstić information content (AvgIpc) is 4.09. The van der Waals surface area contributed by atoms with Gasteiger partial charge in [-0.3, -0.25) is 19.1 Å². The molecule has 2 aliphatic carbocycles. The number of carbonyl (C=O) groups is 3. The number of primary amides is 1. The second kappa shape index (κ2) is 15.8. The zero-order valence-electron chi connectivity index (χ0n) is 30.7. The fraction of sp³-hybridized carbons (Fsp3) is 0.450. The van der Waals surface area contributed by atoms with Crippen molar-refractivity contribution in [3.8, 4) is 22.8 Å². The van der Waals surface area contributed by atoms with Gasteiger partial charge >= 0.3 is 6.18 Å². The standard InChI is InChI=1S/C40H43F3N4O8S/c1-53-26-14-17-33-30(19-26)36-37(55-33)34(21-31(45-36)23-10-12-25(13-11-23)40(41,42)43)54-27-20-32(38(44)49)47(22-27)35(48)9-7-5-3-2-4-6-8-24-18-29(24)39(50)46-56(51,52)28-15-16-28/h6,8,10-14,17,19,21,24,27-29,32H,2-5,7,9,15-16,18,20,22H2,1H3,(H2,44,49)(H,46,50)/b8-6-/t24-,27-,29+,32+/m1/s1. The topological polar surface area (TPSA) is 171 Å². The highest BCUT2D eigenvalue weighted by atomic mass is 32.2. The molecule has 3 fully saturated rings.